The Bertz CT molecular complexity index is 276. The lowest BCUT2D eigenvalue weighted by Gasteiger charge is -2.39. The Morgan fingerprint density at radius 1 is 1.19 bits per heavy atom. The summed E-state index contributed by atoms with van der Waals surface area (Å²) >= 11 is 0. The van der Waals surface area contributed by atoms with Crippen LogP contribution >= 0.6 is 7.60 Å². The molecule has 0 aromatic carbocycles. The third-order valence-electron chi connectivity index (χ3n) is 2.32. The Labute approximate surface area is 91.6 Å². The topological polar surface area (TPSA) is 137 Å². The van der Waals surface area contributed by atoms with Crippen LogP contribution in [0.25, 0.3) is 0 Å². The molecule has 0 aliphatic carbocycles. The van der Waals surface area contributed by atoms with Gasteiger partial charge in [-0.3, -0.25) is 4.57 Å². The molecule has 5 N–H and O–H groups in total. The van der Waals surface area contributed by atoms with Gasteiger partial charge in [0, 0.05) is 7.11 Å². The Morgan fingerprint density at radius 3 is 2.19 bits per heavy atom. The van der Waals surface area contributed by atoms with Crippen molar-refractivity contribution in [3.63, 3.8) is 0 Å². The van der Waals surface area contributed by atoms with Gasteiger partial charge in [-0.2, -0.15) is 0 Å². The van der Waals surface area contributed by atoms with Crippen molar-refractivity contribution in [2.45, 2.75) is 30.7 Å². The van der Waals surface area contributed by atoms with Crippen molar-refractivity contribution in [3.05, 3.63) is 0 Å². The fraction of sp³-hybridized carbons (Fsp3) is 1.00. The van der Waals surface area contributed by atoms with Gasteiger partial charge in [0.1, 0.15) is 24.4 Å². The van der Waals surface area contributed by atoms with Crippen LogP contribution in [0.15, 0.2) is 0 Å². The molecule has 0 unspecified atom stereocenters. The summed E-state index contributed by atoms with van der Waals surface area (Å²) in [5.41, 5.74) is 0. The number of ether oxygens (including phenoxy) is 2. The fourth-order valence-electron chi connectivity index (χ4n) is 1.50. The van der Waals surface area contributed by atoms with Crippen molar-refractivity contribution < 1.29 is 39.1 Å². The third kappa shape index (κ3) is 3.22. The van der Waals surface area contributed by atoms with Crippen LogP contribution in [0.4, 0.5) is 0 Å². The summed E-state index contributed by atoms with van der Waals surface area (Å²) in [4.78, 5) is 17.5. The first-order chi connectivity index (χ1) is 7.26. The molecular weight excluding hydrogens is 243 g/mol. The minimum Gasteiger partial charge on any atom is -0.388 e. The number of aliphatic hydroxyl groups is 3. The molecule has 0 bridgehead atoms. The van der Waals surface area contributed by atoms with Crippen molar-refractivity contribution in [2.24, 2.45) is 0 Å². The molecule has 0 aromatic rings. The summed E-state index contributed by atoms with van der Waals surface area (Å²) in [6.45, 7) is 0. The second-order valence-electron chi connectivity index (χ2n) is 3.60. The molecule has 1 aliphatic rings. The molecular formula is C7H15O8P. The molecule has 16 heavy (non-hydrogen) atoms. The number of hydrogen-bond acceptors (Lipinski definition) is 6. The Hall–Kier alpha value is -0.0500. The van der Waals surface area contributed by atoms with Gasteiger partial charge in [0.25, 0.3) is 0 Å². The second kappa shape index (κ2) is 5.07. The van der Waals surface area contributed by atoms with E-state index in [-0.39, 0.29) is 0 Å². The molecule has 1 heterocycles. The van der Waals surface area contributed by atoms with Gasteiger partial charge in [0.2, 0.25) is 0 Å². The van der Waals surface area contributed by atoms with Gasteiger partial charge in [0.15, 0.2) is 6.29 Å². The summed E-state index contributed by atoms with van der Waals surface area (Å²) in [7, 11) is -3.19. The lowest BCUT2D eigenvalue weighted by molar-refractivity contribution is -0.285. The highest BCUT2D eigenvalue weighted by molar-refractivity contribution is 7.51. The van der Waals surface area contributed by atoms with E-state index in [0.717, 1.165) is 0 Å². The molecule has 1 saturated heterocycles. The molecule has 8 nitrogen and oxygen atoms in total. The van der Waals surface area contributed by atoms with Crippen molar-refractivity contribution in [1.82, 2.24) is 0 Å². The summed E-state index contributed by atoms with van der Waals surface area (Å²) in [5, 5.41) is 28.2. The van der Waals surface area contributed by atoms with Gasteiger partial charge in [-0.25, -0.2) is 0 Å². The molecule has 5 atom stereocenters. The third-order valence-corrected chi connectivity index (χ3v) is 3.15. The van der Waals surface area contributed by atoms with Crippen LogP contribution in [0, 0.1) is 0 Å². The van der Waals surface area contributed by atoms with E-state index in [9.17, 15) is 19.9 Å². The first-order valence-corrected chi connectivity index (χ1v) is 6.33. The van der Waals surface area contributed by atoms with Crippen LogP contribution in [0.3, 0.4) is 0 Å². The van der Waals surface area contributed by atoms with Crippen LogP contribution in [-0.4, -0.2) is 69.1 Å². The molecule has 1 rings (SSSR count). The average molecular weight is 258 g/mol. The van der Waals surface area contributed by atoms with E-state index in [4.69, 9.17) is 14.5 Å². The maximum absolute atomic E-state index is 10.7. The zero-order valence-electron chi connectivity index (χ0n) is 8.50. The van der Waals surface area contributed by atoms with Crippen LogP contribution in [0.5, 0.6) is 0 Å². The van der Waals surface area contributed by atoms with E-state index in [0.29, 0.717) is 0 Å². The van der Waals surface area contributed by atoms with Crippen molar-refractivity contribution in [3.8, 4) is 0 Å². The van der Waals surface area contributed by atoms with Gasteiger partial charge in [0.05, 0.1) is 6.16 Å². The van der Waals surface area contributed by atoms with Gasteiger partial charge in [-0.05, 0) is 0 Å². The summed E-state index contributed by atoms with van der Waals surface area (Å²) in [5.74, 6) is 0. The van der Waals surface area contributed by atoms with Gasteiger partial charge >= 0.3 is 7.60 Å². The Balaban J connectivity index is 2.75. The number of hydrogen-bond donors (Lipinski definition) is 5. The highest BCUT2D eigenvalue weighted by atomic mass is 31.2. The average Bonchev–Trinajstić information content (AvgIpc) is 2.17. The van der Waals surface area contributed by atoms with Crippen molar-refractivity contribution in [2.75, 3.05) is 13.3 Å². The van der Waals surface area contributed by atoms with Crippen LogP contribution in [-0.2, 0) is 14.0 Å². The minimum absolute atomic E-state index is 0.752. The molecule has 0 spiro atoms. The molecule has 1 aliphatic heterocycles. The Kier molecular flexibility index (Phi) is 4.44. The summed E-state index contributed by atoms with van der Waals surface area (Å²) in [6, 6.07) is 0. The van der Waals surface area contributed by atoms with E-state index < -0.39 is 44.5 Å². The SMILES string of the molecule is CO[C@H]1O[C@H](CP(=O)(O)O)[C@@H](O)[C@H](O)[C@@H]1O. The van der Waals surface area contributed by atoms with E-state index in [1.165, 1.54) is 7.11 Å². The molecule has 0 amide bonds. The maximum Gasteiger partial charge on any atom is 0.328 e. The summed E-state index contributed by atoms with van der Waals surface area (Å²) in [6.07, 6.45) is -7.88. The van der Waals surface area contributed by atoms with Crippen molar-refractivity contribution >= 4 is 7.60 Å². The maximum atomic E-state index is 10.7. The molecule has 9 heteroatoms. The molecule has 0 radical (unpaired) electrons. The standard InChI is InChI=1S/C7H15O8P/c1-14-7-6(10)5(9)4(8)3(15-7)2-16(11,12)13/h3-10H,2H2,1H3,(H2,11,12,13)/t3-,4-,5+,6+,7+/m1/s1. The van der Waals surface area contributed by atoms with E-state index in [1.54, 1.807) is 0 Å². The van der Waals surface area contributed by atoms with E-state index in [1.807, 2.05) is 0 Å². The lowest BCUT2D eigenvalue weighted by Crippen LogP contribution is -2.58. The highest BCUT2D eigenvalue weighted by Crippen LogP contribution is 2.38. The first-order valence-electron chi connectivity index (χ1n) is 4.53. The predicted octanol–water partition coefficient (Wildman–Crippen LogP) is -2.38. The van der Waals surface area contributed by atoms with E-state index in [2.05, 4.69) is 4.74 Å². The van der Waals surface area contributed by atoms with Gasteiger partial charge in [-0.1, -0.05) is 0 Å². The Morgan fingerprint density at radius 2 is 1.75 bits per heavy atom. The quantitative estimate of drug-likeness (QED) is 0.354. The molecule has 0 aromatic heterocycles. The monoisotopic (exact) mass is 258 g/mol. The highest BCUT2D eigenvalue weighted by Gasteiger charge is 2.45. The van der Waals surface area contributed by atoms with Crippen molar-refractivity contribution in [1.29, 1.82) is 0 Å². The predicted molar refractivity (Wildman–Crippen MR) is 50.6 cm³/mol. The molecule has 0 saturated carbocycles. The number of aliphatic hydroxyl groups excluding tert-OH is 3. The van der Waals surface area contributed by atoms with Crippen LogP contribution in [0.2, 0.25) is 0 Å². The van der Waals surface area contributed by atoms with Gasteiger partial charge < -0.3 is 34.6 Å². The fourth-order valence-corrected chi connectivity index (χ4v) is 2.27. The smallest absolute Gasteiger partial charge is 0.328 e. The second-order valence-corrected chi connectivity index (χ2v) is 5.29. The zero-order chi connectivity index (χ0) is 12.5. The zero-order valence-corrected chi connectivity index (χ0v) is 9.40. The number of methoxy groups -OCH3 is 1. The lowest BCUT2D eigenvalue weighted by atomic mass is 10.00. The summed E-state index contributed by atoms with van der Waals surface area (Å²) < 4.78 is 20.3. The van der Waals surface area contributed by atoms with Crippen LogP contribution in [0.1, 0.15) is 0 Å². The van der Waals surface area contributed by atoms with Gasteiger partial charge in [-0.15, -0.1) is 0 Å². The van der Waals surface area contributed by atoms with E-state index >= 15 is 0 Å². The number of rotatable bonds is 3. The molecule has 96 valence electrons. The normalized spacial score (nSPS) is 41.0. The van der Waals surface area contributed by atoms with Crippen LogP contribution < -0.4 is 0 Å². The minimum atomic E-state index is -4.39. The molecule has 1 fully saturated rings. The first kappa shape index (κ1) is 14.0. The largest absolute Gasteiger partial charge is 0.388 e.